The molecule has 0 unspecified atom stereocenters. The molecule has 0 saturated heterocycles. The normalized spacial score (nSPS) is 11.4. The first-order chi connectivity index (χ1) is 9.38. The highest BCUT2D eigenvalue weighted by molar-refractivity contribution is 7.99. The molecule has 0 aliphatic heterocycles. The predicted octanol–water partition coefficient (Wildman–Crippen LogP) is 3.10. The molecule has 0 spiro atoms. The Morgan fingerprint density at radius 3 is 2.50 bits per heavy atom. The summed E-state index contributed by atoms with van der Waals surface area (Å²) in [4.78, 5) is 15.1. The van der Waals surface area contributed by atoms with Gasteiger partial charge in [-0.2, -0.15) is 28.1 Å². The van der Waals surface area contributed by atoms with E-state index in [1.807, 2.05) is 0 Å². The third-order valence-electron chi connectivity index (χ3n) is 2.01. The Balaban J connectivity index is 2.20. The van der Waals surface area contributed by atoms with Crippen LogP contribution < -0.4 is 4.74 Å². The van der Waals surface area contributed by atoms with Crippen LogP contribution in [-0.2, 0) is 6.18 Å². The minimum Gasteiger partial charge on any atom is -0.467 e. The SMILES string of the molecule is COc1nc(Cl)nc(Sc2ccc(C(F)(F)F)cn2)n1. The minimum absolute atomic E-state index is 0.0133. The van der Waals surface area contributed by atoms with Gasteiger partial charge in [0.1, 0.15) is 5.03 Å². The minimum atomic E-state index is -4.42. The standard InChI is InChI=1S/C10H6ClF3N4OS/c1-19-8-16-7(11)17-9(18-8)20-6-3-2-5(4-15-6)10(12,13)14/h2-4H,1H3. The van der Waals surface area contributed by atoms with Gasteiger partial charge in [-0.15, -0.1) is 0 Å². The fraction of sp³-hybridized carbons (Fsp3) is 0.200. The van der Waals surface area contributed by atoms with Crippen molar-refractivity contribution in [1.82, 2.24) is 19.9 Å². The number of alkyl halides is 3. The van der Waals surface area contributed by atoms with Crippen LogP contribution >= 0.6 is 23.4 Å². The van der Waals surface area contributed by atoms with Crippen molar-refractivity contribution in [1.29, 1.82) is 0 Å². The number of nitrogens with zero attached hydrogens (tertiary/aromatic N) is 4. The van der Waals surface area contributed by atoms with Gasteiger partial charge in [-0.05, 0) is 35.5 Å². The second-order valence-electron chi connectivity index (χ2n) is 3.36. The maximum absolute atomic E-state index is 12.4. The summed E-state index contributed by atoms with van der Waals surface area (Å²) in [6.07, 6.45) is -3.68. The molecule has 2 aromatic heterocycles. The van der Waals surface area contributed by atoms with E-state index in [9.17, 15) is 13.2 Å². The van der Waals surface area contributed by atoms with E-state index in [0.717, 1.165) is 24.0 Å². The molecule has 2 heterocycles. The molecule has 0 aliphatic carbocycles. The zero-order valence-electron chi connectivity index (χ0n) is 9.85. The molecular weight excluding hydrogens is 317 g/mol. The lowest BCUT2D eigenvalue weighted by Crippen LogP contribution is -2.05. The van der Waals surface area contributed by atoms with Gasteiger partial charge in [-0.1, -0.05) is 0 Å². The Labute approximate surface area is 120 Å². The van der Waals surface area contributed by atoms with Crippen LogP contribution in [0.1, 0.15) is 5.56 Å². The lowest BCUT2D eigenvalue weighted by atomic mass is 10.3. The van der Waals surface area contributed by atoms with Crippen LogP contribution in [0, 0.1) is 0 Å². The van der Waals surface area contributed by atoms with E-state index in [4.69, 9.17) is 16.3 Å². The number of aromatic nitrogens is 4. The molecule has 0 saturated carbocycles. The van der Waals surface area contributed by atoms with Gasteiger partial charge in [-0.3, -0.25) is 0 Å². The first-order valence-electron chi connectivity index (χ1n) is 5.05. The summed E-state index contributed by atoms with van der Waals surface area (Å²) in [5.74, 6) is 0. The van der Waals surface area contributed by atoms with Crippen LogP contribution in [0.5, 0.6) is 6.01 Å². The Bertz CT molecular complexity index is 608. The molecule has 2 aromatic rings. The summed E-state index contributed by atoms with van der Waals surface area (Å²) < 4.78 is 42.0. The van der Waals surface area contributed by atoms with Crippen molar-refractivity contribution in [3.63, 3.8) is 0 Å². The number of ether oxygens (including phenoxy) is 1. The number of rotatable bonds is 3. The molecule has 20 heavy (non-hydrogen) atoms. The van der Waals surface area contributed by atoms with E-state index in [1.165, 1.54) is 13.2 Å². The molecule has 0 aliphatic rings. The zero-order valence-corrected chi connectivity index (χ0v) is 11.4. The molecular formula is C10H6ClF3N4OS. The van der Waals surface area contributed by atoms with Crippen molar-refractivity contribution in [2.75, 3.05) is 7.11 Å². The molecule has 10 heteroatoms. The quantitative estimate of drug-likeness (QED) is 0.865. The molecule has 2 rings (SSSR count). The van der Waals surface area contributed by atoms with Crippen LogP contribution in [0.15, 0.2) is 28.5 Å². The molecule has 0 atom stereocenters. The van der Waals surface area contributed by atoms with Crippen molar-refractivity contribution in [2.24, 2.45) is 0 Å². The van der Waals surface area contributed by atoms with Gasteiger partial charge in [0.2, 0.25) is 10.4 Å². The van der Waals surface area contributed by atoms with E-state index in [0.29, 0.717) is 5.03 Å². The van der Waals surface area contributed by atoms with Crippen LogP contribution in [0.25, 0.3) is 0 Å². The van der Waals surface area contributed by atoms with E-state index >= 15 is 0 Å². The largest absolute Gasteiger partial charge is 0.467 e. The van der Waals surface area contributed by atoms with Gasteiger partial charge in [0.25, 0.3) is 0 Å². The summed E-state index contributed by atoms with van der Waals surface area (Å²) in [6, 6.07) is 2.16. The Hall–Kier alpha value is -1.61. The predicted molar refractivity (Wildman–Crippen MR) is 64.8 cm³/mol. The number of hydrogen-bond donors (Lipinski definition) is 0. The monoisotopic (exact) mass is 322 g/mol. The summed E-state index contributed by atoms with van der Waals surface area (Å²) in [5, 5.41) is 0.391. The fourth-order valence-electron chi connectivity index (χ4n) is 1.15. The summed E-state index contributed by atoms with van der Waals surface area (Å²) in [5.41, 5.74) is -0.826. The third-order valence-corrected chi connectivity index (χ3v) is 2.99. The molecule has 106 valence electrons. The highest BCUT2D eigenvalue weighted by Crippen LogP contribution is 2.31. The topological polar surface area (TPSA) is 60.8 Å². The maximum Gasteiger partial charge on any atom is 0.417 e. The summed E-state index contributed by atoms with van der Waals surface area (Å²) >= 11 is 6.60. The summed E-state index contributed by atoms with van der Waals surface area (Å²) in [7, 11) is 1.36. The Morgan fingerprint density at radius 2 is 1.95 bits per heavy atom. The van der Waals surface area contributed by atoms with Gasteiger partial charge in [0, 0.05) is 6.20 Å². The van der Waals surface area contributed by atoms with Crippen molar-refractivity contribution in [2.45, 2.75) is 16.4 Å². The molecule has 0 fully saturated rings. The molecule has 0 N–H and O–H groups in total. The zero-order chi connectivity index (χ0) is 14.8. The average molecular weight is 323 g/mol. The maximum atomic E-state index is 12.4. The number of methoxy groups -OCH3 is 1. The van der Waals surface area contributed by atoms with Crippen LogP contribution in [0.2, 0.25) is 5.28 Å². The Morgan fingerprint density at radius 1 is 1.20 bits per heavy atom. The van der Waals surface area contributed by atoms with Crippen LogP contribution in [-0.4, -0.2) is 27.0 Å². The lowest BCUT2D eigenvalue weighted by molar-refractivity contribution is -0.137. The van der Waals surface area contributed by atoms with E-state index in [2.05, 4.69) is 19.9 Å². The van der Waals surface area contributed by atoms with Gasteiger partial charge < -0.3 is 4.74 Å². The van der Waals surface area contributed by atoms with Crippen molar-refractivity contribution >= 4 is 23.4 Å². The molecule has 0 amide bonds. The van der Waals surface area contributed by atoms with E-state index in [1.54, 1.807) is 0 Å². The average Bonchev–Trinajstić information content (AvgIpc) is 2.37. The second kappa shape index (κ2) is 5.80. The van der Waals surface area contributed by atoms with Crippen molar-refractivity contribution in [3.8, 4) is 6.01 Å². The van der Waals surface area contributed by atoms with Gasteiger partial charge in [-0.25, -0.2) is 4.98 Å². The van der Waals surface area contributed by atoms with Gasteiger partial charge in [0.15, 0.2) is 0 Å². The van der Waals surface area contributed by atoms with Crippen molar-refractivity contribution in [3.05, 3.63) is 29.2 Å². The molecule has 0 radical (unpaired) electrons. The van der Waals surface area contributed by atoms with Crippen molar-refractivity contribution < 1.29 is 17.9 Å². The van der Waals surface area contributed by atoms with E-state index in [-0.39, 0.29) is 16.5 Å². The third kappa shape index (κ3) is 3.70. The van der Waals surface area contributed by atoms with Crippen LogP contribution in [0.4, 0.5) is 13.2 Å². The molecule has 5 nitrogen and oxygen atoms in total. The first kappa shape index (κ1) is 14.8. The molecule has 0 aromatic carbocycles. The first-order valence-corrected chi connectivity index (χ1v) is 6.24. The number of pyridine rings is 1. The molecule has 0 bridgehead atoms. The fourth-order valence-corrected chi connectivity index (χ4v) is 2.04. The highest BCUT2D eigenvalue weighted by atomic mass is 35.5. The highest BCUT2D eigenvalue weighted by Gasteiger charge is 2.30. The number of halogens is 4. The smallest absolute Gasteiger partial charge is 0.417 e. The second-order valence-corrected chi connectivity index (χ2v) is 4.68. The van der Waals surface area contributed by atoms with Gasteiger partial charge >= 0.3 is 12.2 Å². The van der Waals surface area contributed by atoms with Gasteiger partial charge in [0.05, 0.1) is 12.7 Å². The van der Waals surface area contributed by atoms with E-state index < -0.39 is 11.7 Å². The van der Waals surface area contributed by atoms with Crippen LogP contribution in [0.3, 0.4) is 0 Å². The summed E-state index contributed by atoms with van der Waals surface area (Å²) in [6.45, 7) is 0. The Kier molecular flexibility index (Phi) is 4.29. The lowest BCUT2D eigenvalue weighted by Gasteiger charge is -2.06. The number of hydrogen-bond acceptors (Lipinski definition) is 6.